The molecule has 1 atom stereocenters. The molecule has 0 saturated heterocycles. The van der Waals surface area contributed by atoms with Crippen LogP contribution in [-0.4, -0.2) is 33.1 Å². The van der Waals surface area contributed by atoms with Crippen molar-refractivity contribution in [3.63, 3.8) is 0 Å². The van der Waals surface area contributed by atoms with Crippen molar-refractivity contribution in [2.45, 2.75) is 23.9 Å². The summed E-state index contributed by atoms with van der Waals surface area (Å²) in [6.07, 6.45) is 0. The van der Waals surface area contributed by atoms with Crippen LogP contribution in [-0.2, 0) is 23.2 Å². The summed E-state index contributed by atoms with van der Waals surface area (Å²) in [6.45, 7) is 2.04. The molecule has 2 rings (SSSR count). The van der Waals surface area contributed by atoms with Gasteiger partial charge >= 0.3 is 5.97 Å². The molecule has 6 nitrogen and oxygen atoms in total. The second-order valence-electron chi connectivity index (χ2n) is 4.48. The largest absolute Gasteiger partial charge is 0.486 e. The lowest BCUT2D eigenvalue weighted by molar-refractivity contribution is -0.139. The summed E-state index contributed by atoms with van der Waals surface area (Å²) in [5.74, 6) is 1.06. The lowest BCUT2D eigenvalue weighted by atomic mass is 10.3. The van der Waals surface area contributed by atoms with Crippen LogP contribution in [0.3, 0.4) is 0 Å². The molecule has 1 heterocycles. The SMILES string of the molecule is COC(=O)C(C)Sc1nnc(COc2ccc(Cl)cc2)n1C. The highest BCUT2D eigenvalue weighted by molar-refractivity contribution is 8.00. The third-order valence-corrected chi connectivity index (χ3v) is 4.29. The van der Waals surface area contributed by atoms with E-state index in [1.54, 1.807) is 35.8 Å². The number of benzene rings is 1. The van der Waals surface area contributed by atoms with E-state index in [2.05, 4.69) is 10.2 Å². The van der Waals surface area contributed by atoms with Gasteiger partial charge in [0.1, 0.15) is 17.6 Å². The molecular formula is C14H16ClN3O3S. The Morgan fingerprint density at radius 1 is 1.36 bits per heavy atom. The van der Waals surface area contributed by atoms with Gasteiger partial charge in [-0.2, -0.15) is 0 Å². The van der Waals surface area contributed by atoms with E-state index in [1.807, 2.05) is 7.05 Å². The van der Waals surface area contributed by atoms with E-state index in [9.17, 15) is 4.79 Å². The van der Waals surface area contributed by atoms with E-state index in [4.69, 9.17) is 21.1 Å². The van der Waals surface area contributed by atoms with Crippen molar-refractivity contribution in [3.05, 3.63) is 35.1 Å². The summed E-state index contributed by atoms with van der Waals surface area (Å²) in [5, 5.41) is 9.08. The van der Waals surface area contributed by atoms with Gasteiger partial charge in [-0.1, -0.05) is 23.4 Å². The highest BCUT2D eigenvalue weighted by Gasteiger charge is 2.19. The summed E-state index contributed by atoms with van der Waals surface area (Å²) in [6, 6.07) is 7.08. The van der Waals surface area contributed by atoms with Crippen molar-refractivity contribution in [3.8, 4) is 5.75 Å². The molecule has 8 heteroatoms. The summed E-state index contributed by atoms with van der Waals surface area (Å²) < 4.78 is 12.1. The maximum atomic E-state index is 11.4. The van der Waals surface area contributed by atoms with Crippen LogP contribution < -0.4 is 4.74 Å². The molecule has 22 heavy (non-hydrogen) atoms. The first-order valence-electron chi connectivity index (χ1n) is 6.52. The van der Waals surface area contributed by atoms with E-state index in [0.29, 0.717) is 21.8 Å². The van der Waals surface area contributed by atoms with Gasteiger partial charge in [-0.3, -0.25) is 4.79 Å². The molecule has 1 aromatic heterocycles. The number of carbonyl (C=O) groups excluding carboxylic acids is 1. The number of rotatable bonds is 6. The van der Waals surface area contributed by atoms with Gasteiger partial charge in [-0.25, -0.2) is 0 Å². The molecule has 2 aromatic rings. The van der Waals surface area contributed by atoms with E-state index in [1.165, 1.54) is 18.9 Å². The van der Waals surface area contributed by atoms with Crippen LogP contribution in [0.15, 0.2) is 29.4 Å². The number of methoxy groups -OCH3 is 1. The first kappa shape index (κ1) is 16.6. The zero-order chi connectivity index (χ0) is 16.1. The normalized spacial score (nSPS) is 12.0. The Bertz CT molecular complexity index is 645. The fourth-order valence-electron chi connectivity index (χ4n) is 1.62. The highest BCUT2D eigenvalue weighted by Crippen LogP contribution is 2.23. The molecule has 0 aliphatic heterocycles. The van der Waals surface area contributed by atoms with Crippen LogP contribution in [0.5, 0.6) is 5.75 Å². The van der Waals surface area contributed by atoms with E-state index in [-0.39, 0.29) is 17.8 Å². The third kappa shape index (κ3) is 4.14. The fourth-order valence-corrected chi connectivity index (χ4v) is 2.61. The molecule has 0 bridgehead atoms. The minimum atomic E-state index is -0.349. The van der Waals surface area contributed by atoms with Gasteiger partial charge in [0.2, 0.25) is 0 Å². The maximum absolute atomic E-state index is 11.4. The van der Waals surface area contributed by atoms with Gasteiger partial charge in [0.15, 0.2) is 11.0 Å². The lowest BCUT2D eigenvalue weighted by Crippen LogP contribution is -2.15. The van der Waals surface area contributed by atoms with Crippen molar-refractivity contribution in [1.29, 1.82) is 0 Å². The smallest absolute Gasteiger partial charge is 0.318 e. The lowest BCUT2D eigenvalue weighted by Gasteiger charge is -2.09. The quantitative estimate of drug-likeness (QED) is 0.594. The first-order valence-corrected chi connectivity index (χ1v) is 7.78. The number of nitrogens with zero attached hydrogens (tertiary/aromatic N) is 3. The molecule has 1 aromatic carbocycles. The Labute approximate surface area is 137 Å². The van der Waals surface area contributed by atoms with Gasteiger partial charge in [0.25, 0.3) is 0 Å². The molecule has 0 fully saturated rings. The minimum Gasteiger partial charge on any atom is -0.486 e. The fraction of sp³-hybridized carbons (Fsp3) is 0.357. The Hall–Kier alpha value is -1.73. The van der Waals surface area contributed by atoms with Gasteiger partial charge in [0, 0.05) is 12.1 Å². The van der Waals surface area contributed by atoms with Crippen LogP contribution >= 0.6 is 23.4 Å². The topological polar surface area (TPSA) is 66.2 Å². The molecule has 118 valence electrons. The van der Waals surface area contributed by atoms with E-state index >= 15 is 0 Å². The van der Waals surface area contributed by atoms with Crippen LogP contribution in [0.2, 0.25) is 5.02 Å². The average Bonchev–Trinajstić information content (AvgIpc) is 2.86. The molecule has 0 aliphatic rings. The second-order valence-corrected chi connectivity index (χ2v) is 6.23. The Kier molecular flexibility index (Phi) is 5.68. The van der Waals surface area contributed by atoms with Gasteiger partial charge in [0.05, 0.1) is 7.11 Å². The van der Waals surface area contributed by atoms with Gasteiger partial charge < -0.3 is 14.0 Å². The zero-order valence-corrected chi connectivity index (χ0v) is 14.0. The van der Waals surface area contributed by atoms with Gasteiger partial charge in [-0.15, -0.1) is 10.2 Å². The van der Waals surface area contributed by atoms with E-state index in [0.717, 1.165) is 0 Å². The predicted molar refractivity (Wildman–Crippen MR) is 84.1 cm³/mol. The van der Waals surface area contributed by atoms with Crippen molar-refractivity contribution in [1.82, 2.24) is 14.8 Å². The third-order valence-electron chi connectivity index (χ3n) is 2.92. The second kappa shape index (κ2) is 7.51. The molecule has 0 amide bonds. The Balaban J connectivity index is 1.98. The number of esters is 1. The molecule has 0 saturated carbocycles. The summed E-state index contributed by atoms with van der Waals surface area (Å²) >= 11 is 7.11. The average molecular weight is 342 g/mol. The van der Waals surface area contributed by atoms with Crippen molar-refractivity contribution in [2.24, 2.45) is 7.05 Å². The van der Waals surface area contributed by atoms with Crippen LogP contribution in [0.25, 0.3) is 0 Å². The van der Waals surface area contributed by atoms with Crippen LogP contribution in [0.4, 0.5) is 0 Å². The van der Waals surface area contributed by atoms with Crippen molar-refractivity contribution < 1.29 is 14.3 Å². The molecule has 0 N–H and O–H groups in total. The first-order chi connectivity index (χ1) is 10.5. The molecular weight excluding hydrogens is 326 g/mol. The summed E-state index contributed by atoms with van der Waals surface area (Å²) in [4.78, 5) is 11.4. The van der Waals surface area contributed by atoms with Crippen LogP contribution in [0, 0.1) is 0 Å². The standard InChI is InChI=1S/C14H16ClN3O3S/c1-9(13(19)20-3)22-14-17-16-12(18(14)2)8-21-11-6-4-10(15)5-7-11/h4-7,9H,8H2,1-3H3. The molecule has 0 spiro atoms. The summed E-state index contributed by atoms with van der Waals surface area (Å²) in [7, 11) is 3.19. The Morgan fingerprint density at radius 3 is 2.68 bits per heavy atom. The summed E-state index contributed by atoms with van der Waals surface area (Å²) in [5.41, 5.74) is 0. The number of ether oxygens (including phenoxy) is 2. The van der Waals surface area contributed by atoms with Gasteiger partial charge in [-0.05, 0) is 31.2 Å². The maximum Gasteiger partial charge on any atom is 0.318 e. The number of hydrogen-bond acceptors (Lipinski definition) is 6. The molecule has 1 unspecified atom stereocenters. The number of halogens is 1. The van der Waals surface area contributed by atoms with E-state index < -0.39 is 0 Å². The molecule has 0 aliphatic carbocycles. The number of thioether (sulfide) groups is 1. The highest BCUT2D eigenvalue weighted by atomic mass is 35.5. The van der Waals surface area contributed by atoms with Crippen LogP contribution in [0.1, 0.15) is 12.7 Å². The minimum absolute atomic E-state index is 0.276. The zero-order valence-electron chi connectivity index (χ0n) is 12.4. The number of aromatic nitrogens is 3. The predicted octanol–water partition coefficient (Wildman–Crippen LogP) is 2.70. The number of carbonyl (C=O) groups is 1. The Morgan fingerprint density at radius 2 is 2.05 bits per heavy atom. The monoisotopic (exact) mass is 341 g/mol. The van der Waals surface area contributed by atoms with Crippen molar-refractivity contribution in [2.75, 3.05) is 7.11 Å². The molecule has 0 radical (unpaired) electrons. The number of hydrogen-bond donors (Lipinski definition) is 0. The van der Waals surface area contributed by atoms with Crippen molar-refractivity contribution >= 4 is 29.3 Å².